The third-order valence-corrected chi connectivity index (χ3v) is 5.13. The molecule has 1 nitrogen and oxygen atoms in total. The fraction of sp³-hybridized carbons (Fsp3) is 0.0625. The standard InChI is InChI=1S/C16H10BrFOS/c17-16-11(5-3-6-12(16)18)8-13(19)15-9-10-4-1-2-7-14(10)20-15/h1-7,9H,8H2. The number of hydrogen-bond acceptors (Lipinski definition) is 2. The van der Waals surface area contributed by atoms with Gasteiger partial charge in [0.15, 0.2) is 5.78 Å². The first-order valence-corrected chi connectivity index (χ1v) is 7.71. The molecule has 0 aliphatic rings. The smallest absolute Gasteiger partial charge is 0.177 e. The van der Waals surface area contributed by atoms with Crippen LogP contribution < -0.4 is 0 Å². The highest BCUT2D eigenvalue weighted by Gasteiger charge is 2.14. The summed E-state index contributed by atoms with van der Waals surface area (Å²) in [6.45, 7) is 0. The predicted octanol–water partition coefficient (Wildman–Crippen LogP) is 5.23. The van der Waals surface area contributed by atoms with Gasteiger partial charge in [0.25, 0.3) is 0 Å². The van der Waals surface area contributed by atoms with E-state index < -0.39 is 0 Å². The Morgan fingerprint density at radius 3 is 2.75 bits per heavy atom. The van der Waals surface area contributed by atoms with E-state index in [-0.39, 0.29) is 18.0 Å². The Morgan fingerprint density at radius 2 is 1.95 bits per heavy atom. The van der Waals surface area contributed by atoms with Crippen LogP contribution >= 0.6 is 27.3 Å². The fourth-order valence-electron chi connectivity index (χ4n) is 2.06. The molecule has 3 rings (SSSR count). The number of carbonyl (C=O) groups excluding carboxylic acids is 1. The first-order chi connectivity index (χ1) is 9.65. The highest BCUT2D eigenvalue weighted by atomic mass is 79.9. The summed E-state index contributed by atoms with van der Waals surface area (Å²) in [7, 11) is 0. The number of rotatable bonds is 3. The highest BCUT2D eigenvalue weighted by molar-refractivity contribution is 9.10. The maximum atomic E-state index is 13.4. The van der Waals surface area contributed by atoms with Crippen molar-refractivity contribution in [2.75, 3.05) is 0 Å². The van der Waals surface area contributed by atoms with Gasteiger partial charge in [0.2, 0.25) is 0 Å². The Labute approximate surface area is 128 Å². The van der Waals surface area contributed by atoms with Crippen molar-refractivity contribution in [2.24, 2.45) is 0 Å². The van der Waals surface area contributed by atoms with Crippen LogP contribution in [0.2, 0.25) is 0 Å². The number of carbonyl (C=O) groups is 1. The average Bonchev–Trinajstić information content (AvgIpc) is 2.88. The van der Waals surface area contributed by atoms with Crippen LogP contribution in [0.1, 0.15) is 15.2 Å². The van der Waals surface area contributed by atoms with Crippen LogP contribution in [0.4, 0.5) is 4.39 Å². The summed E-state index contributed by atoms with van der Waals surface area (Å²) in [6, 6.07) is 14.5. The summed E-state index contributed by atoms with van der Waals surface area (Å²) in [5, 5.41) is 1.07. The maximum Gasteiger partial charge on any atom is 0.177 e. The van der Waals surface area contributed by atoms with E-state index in [0.29, 0.717) is 14.9 Å². The highest BCUT2D eigenvalue weighted by Crippen LogP contribution is 2.28. The molecule has 1 aromatic heterocycles. The molecule has 0 saturated carbocycles. The monoisotopic (exact) mass is 348 g/mol. The van der Waals surface area contributed by atoms with Gasteiger partial charge in [-0.3, -0.25) is 4.79 Å². The number of thiophene rings is 1. The van der Waals surface area contributed by atoms with Crippen molar-refractivity contribution in [3.05, 3.63) is 69.3 Å². The third-order valence-electron chi connectivity index (χ3n) is 3.08. The molecule has 0 saturated heterocycles. The minimum Gasteiger partial charge on any atom is -0.293 e. The summed E-state index contributed by atoms with van der Waals surface area (Å²) in [6.07, 6.45) is 0.200. The van der Waals surface area contributed by atoms with Crippen LogP contribution in [0.25, 0.3) is 10.1 Å². The molecule has 0 unspecified atom stereocenters. The van der Waals surface area contributed by atoms with Crippen molar-refractivity contribution in [1.82, 2.24) is 0 Å². The Hall–Kier alpha value is -1.52. The van der Waals surface area contributed by atoms with Gasteiger partial charge in [-0.15, -0.1) is 11.3 Å². The van der Waals surface area contributed by atoms with Crippen LogP contribution in [0.15, 0.2) is 53.0 Å². The molecule has 1 heterocycles. The van der Waals surface area contributed by atoms with E-state index in [0.717, 1.165) is 10.1 Å². The summed E-state index contributed by atoms with van der Waals surface area (Å²) < 4.78 is 14.9. The lowest BCUT2D eigenvalue weighted by Gasteiger charge is -2.03. The lowest BCUT2D eigenvalue weighted by atomic mass is 10.1. The summed E-state index contributed by atoms with van der Waals surface area (Å²) >= 11 is 4.67. The summed E-state index contributed by atoms with van der Waals surface area (Å²) in [5.74, 6) is -0.329. The van der Waals surface area contributed by atoms with E-state index in [4.69, 9.17) is 0 Å². The van der Waals surface area contributed by atoms with Gasteiger partial charge in [-0.25, -0.2) is 4.39 Å². The fourth-order valence-corrected chi connectivity index (χ4v) is 3.47. The second kappa shape index (κ2) is 5.46. The SMILES string of the molecule is O=C(Cc1cccc(F)c1Br)c1cc2ccccc2s1. The van der Waals surface area contributed by atoms with Crippen molar-refractivity contribution in [3.63, 3.8) is 0 Å². The lowest BCUT2D eigenvalue weighted by Crippen LogP contribution is -2.02. The Bertz CT molecular complexity index is 761. The molecule has 0 aliphatic heterocycles. The van der Waals surface area contributed by atoms with Crippen LogP contribution in [-0.4, -0.2) is 5.78 Å². The van der Waals surface area contributed by atoms with E-state index in [9.17, 15) is 9.18 Å². The lowest BCUT2D eigenvalue weighted by molar-refractivity contribution is 0.0996. The maximum absolute atomic E-state index is 13.4. The first-order valence-electron chi connectivity index (χ1n) is 6.10. The van der Waals surface area contributed by atoms with E-state index >= 15 is 0 Å². The molecular weight excluding hydrogens is 339 g/mol. The molecule has 0 N–H and O–H groups in total. The molecule has 20 heavy (non-hydrogen) atoms. The molecule has 0 atom stereocenters. The normalized spacial score (nSPS) is 10.9. The van der Waals surface area contributed by atoms with Crippen molar-refractivity contribution in [1.29, 1.82) is 0 Å². The number of fused-ring (bicyclic) bond motifs is 1. The number of halogens is 2. The molecule has 3 aromatic rings. The van der Waals surface area contributed by atoms with Gasteiger partial charge in [-0.1, -0.05) is 30.3 Å². The summed E-state index contributed by atoms with van der Waals surface area (Å²) in [5.41, 5.74) is 0.674. The average molecular weight is 349 g/mol. The second-order valence-corrected chi connectivity index (χ2v) is 6.34. The van der Waals surface area contributed by atoms with Gasteiger partial charge in [-0.05, 0) is 45.1 Å². The molecule has 0 amide bonds. The van der Waals surface area contributed by atoms with Gasteiger partial charge in [0.1, 0.15) is 5.82 Å². The zero-order valence-corrected chi connectivity index (χ0v) is 12.8. The van der Waals surface area contributed by atoms with Crippen LogP contribution in [-0.2, 0) is 6.42 Å². The zero-order chi connectivity index (χ0) is 14.1. The van der Waals surface area contributed by atoms with Crippen molar-refractivity contribution in [3.8, 4) is 0 Å². The zero-order valence-electron chi connectivity index (χ0n) is 10.4. The van der Waals surface area contributed by atoms with E-state index in [1.54, 1.807) is 12.1 Å². The van der Waals surface area contributed by atoms with Crippen LogP contribution in [0.3, 0.4) is 0 Å². The molecule has 0 fully saturated rings. The molecule has 4 heteroatoms. The quantitative estimate of drug-likeness (QED) is 0.592. The van der Waals surface area contributed by atoms with E-state index in [1.807, 2.05) is 30.3 Å². The van der Waals surface area contributed by atoms with Gasteiger partial charge in [0.05, 0.1) is 9.35 Å². The minimum absolute atomic E-state index is 0.0116. The second-order valence-electron chi connectivity index (χ2n) is 4.46. The Morgan fingerprint density at radius 1 is 1.15 bits per heavy atom. The van der Waals surface area contributed by atoms with E-state index in [1.165, 1.54) is 17.4 Å². The predicted molar refractivity (Wildman–Crippen MR) is 84.0 cm³/mol. The van der Waals surface area contributed by atoms with Gasteiger partial charge in [0, 0.05) is 11.1 Å². The topological polar surface area (TPSA) is 17.1 Å². The molecule has 0 aliphatic carbocycles. The minimum atomic E-state index is -0.341. The van der Waals surface area contributed by atoms with Crippen molar-refractivity contribution in [2.45, 2.75) is 6.42 Å². The molecule has 2 aromatic carbocycles. The number of Topliss-reactive ketones (excluding diaryl/α,β-unsaturated/α-hetero) is 1. The van der Waals surface area contributed by atoms with Crippen molar-refractivity contribution >= 4 is 43.1 Å². The van der Waals surface area contributed by atoms with E-state index in [2.05, 4.69) is 15.9 Å². The Balaban J connectivity index is 1.91. The molecule has 0 bridgehead atoms. The summed E-state index contributed by atoms with van der Waals surface area (Å²) in [4.78, 5) is 13.0. The first kappa shape index (κ1) is 13.5. The number of benzene rings is 2. The van der Waals surface area contributed by atoms with Gasteiger partial charge in [-0.2, -0.15) is 0 Å². The molecule has 0 spiro atoms. The molecule has 0 radical (unpaired) electrons. The van der Waals surface area contributed by atoms with Gasteiger partial charge < -0.3 is 0 Å². The molecule has 100 valence electrons. The van der Waals surface area contributed by atoms with Crippen LogP contribution in [0.5, 0.6) is 0 Å². The molecular formula is C16H10BrFOS. The largest absolute Gasteiger partial charge is 0.293 e. The van der Waals surface area contributed by atoms with Crippen molar-refractivity contribution < 1.29 is 9.18 Å². The third kappa shape index (κ3) is 2.53. The Kier molecular flexibility index (Phi) is 3.68. The number of hydrogen-bond donors (Lipinski definition) is 0. The van der Waals surface area contributed by atoms with Crippen LogP contribution in [0, 0.1) is 5.82 Å². The number of ketones is 1. The van der Waals surface area contributed by atoms with Gasteiger partial charge >= 0.3 is 0 Å².